The molecule has 0 aromatic heterocycles. The summed E-state index contributed by atoms with van der Waals surface area (Å²) in [5.41, 5.74) is -0.146. The van der Waals surface area contributed by atoms with Crippen LogP contribution in [0.2, 0.25) is 0 Å². The molecule has 1 N–H and O–H groups in total. The van der Waals surface area contributed by atoms with Crippen LogP contribution < -0.4 is 5.32 Å². The lowest BCUT2D eigenvalue weighted by Gasteiger charge is -2.23. The predicted octanol–water partition coefficient (Wildman–Crippen LogP) is 3.36. The van der Waals surface area contributed by atoms with Gasteiger partial charge in [0.1, 0.15) is 17.3 Å². The number of hydrogen-bond acceptors (Lipinski definition) is 3. The number of anilines is 1. The van der Waals surface area contributed by atoms with Crippen molar-refractivity contribution in [1.82, 2.24) is 4.90 Å². The molecular formula is C15H20F2N2OS. The molecule has 0 radical (unpaired) electrons. The quantitative estimate of drug-likeness (QED) is 0.908. The molecule has 1 aromatic carbocycles. The van der Waals surface area contributed by atoms with Crippen molar-refractivity contribution < 1.29 is 13.6 Å². The van der Waals surface area contributed by atoms with E-state index in [1.807, 2.05) is 11.8 Å². The highest BCUT2D eigenvalue weighted by molar-refractivity contribution is 8.00. The number of carbonyl (C=O) groups is 1. The fourth-order valence-corrected chi connectivity index (χ4v) is 3.44. The number of nitrogens with one attached hydrogen (secondary N) is 1. The molecule has 3 nitrogen and oxygen atoms in total. The van der Waals surface area contributed by atoms with Gasteiger partial charge in [0, 0.05) is 36.2 Å². The topological polar surface area (TPSA) is 32.3 Å². The summed E-state index contributed by atoms with van der Waals surface area (Å²) in [5, 5.41) is 2.45. The van der Waals surface area contributed by atoms with Crippen molar-refractivity contribution in [2.45, 2.75) is 25.0 Å². The molecule has 1 aliphatic heterocycles. The second-order valence-corrected chi connectivity index (χ2v) is 7.52. The van der Waals surface area contributed by atoms with Gasteiger partial charge < -0.3 is 10.2 Å². The van der Waals surface area contributed by atoms with Crippen molar-refractivity contribution in [3.63, 3.8) is 0 Å². The Morgan fingerprint density at radius 2 is 1.90 bits per heavy atom. The maximum atomic E-state index is 13.8. The van der Waals surface area contributed by atoms with Gasteiger partial charge in [-0.3, -0.25) is 4.79 Å². The molecule has 2 rings (SSSR count). The van der Waals surface area contributed by atoms with Crippen molar-refractivity contribution in [2.24, 2.45) is 0 Å². The summed E-state index contributed by atoms with van der Waals surface area (Å²) in [6.07, 6.45) is 0.864. The smallest absolute Gasteiger partial charge is 0.254 e. The van der Waals surface area contributed by atoms with Gasteiger partial charge in [0.25, 0.3) is 5.91 Å². The van der Waals surface area contributed by atoms with E-state index in [1.54, 1.807) is 4.90 Å². The minimum atomic E-state index is -0.745. The molecule has 21 heavy (non-hydrogen) atoms. The molecule has 0 bridgehead atoms. The molecule has 1 heterocycles. The van der Waals surface area contributed by atoms with Gasteiger partial charge in [0.15, 0.2) is 0 Å². The molecule has 1 saturated heterocycles. The van der Waals surface area contributed by atoms with Crippen molar-refractivity contribution in [2.75, 3.05) is 31.2 Å². The zero-order valence-electron chi connectivity index (χ0n) is 12.5. The largest absolute Gasteiger partial charge is 0.383 e. The Kier molecular flexibility index (Phi) is 4.76. The lowest BCUT2D eigenvalue weighted by molar-refractivity contribution is 0.0763. The van der Waals surface area contributed by atoms with E-state index < -0.39 is 11.6 Å². The molecule has 1 aliphatic rings. The third kappa shape index (κ3) is 3.67. The predicted molar refractivity (Wildman–Crippen MR) is 83.0 cm³/mol. The lowest BCUT2D eigenvalue weighted by Crippen LogP contribution is -2.33. The Morgan fingerprint density at radius 3 is 2.48 bits per heavy atom. The molecule has 6 heteroatoms. The van der Waals surface area contributed by atoms with E-state index in [0.717, 1.165) is 24.3 Å². The summed E-state index contributed by atoms with van der Waals surface area (Å²) in [4.78, 5) is 14.1. The van der Waals surface area contributed by atoms with Gasteiger partial charge >= 0.3 is 0 Å². The van der Waals surface area contributed by atoms with Crippen LogP contribution in [0.15, 0.2) is 12.1 Å². The average Bonchev–Trinajstić information content (AvgIpc) is 2.58. The Bertz CT molecular complexity index is 525. The van der Waals surface area contributed by atoms with Gasteiger partial charge in [-0.25, -0.2) is 8.78 Å². The van der Waals surface area contributed by atoms with Crippen molar-refractivity contribution in [3.05, 3.63) is 29.3 Å². The molecule has 0 unspecified atom stereocenters. The van der Waals surface area contributed by atoms with E-state index in [1.165, 1.54) is 7.05 Å². The van der Waals surface area contributed by atoms with E-state index in [9.17, 15) is 13.6 Å². The van der Waals surface area contributed by atoms with E-state index >= 15 is 0 Å². The normalized spacial score (nSPS) is 18.2. The van der Waals surface area contributed by atoms with Gasteiger partial charge in [-0.2, -0.15) is 11.8 Å². The zero-order chi connectivity index (χ0) is 15.6. The number of nitrogens with zero attached hydrogens (tertiary/aromatic N) is 1. The average molecular weight is 314 g/mol. The highest BCUT2D eigenvalue weighted by atomic mass is 32.2. The molecular weight excluding hydrogens is 294 g/mol. The minimum Gasteiger partial charge on any atom is -0.383 e. The first kappa shape index (κ1) is 16.1. The molecule has 1 amide bonds. The Labute approximate surface area is 128 Å². The molecule has 116 valence electrons. The maximum absolute atomic E-state index is 13.8. The van der Waals surface area contributed by atoms with Crippen LogP contribution >= 0.6 is 11.8 Å². The molecule has 1 aromatic rings. The van der Waals surface area contributed by atoms with E-state index in [4.69, 9.17) is 0 Å². The number of carbonyl (C=O) groups excluding carboxylic acids is 1. The molecule has 0 aliphatic carbocycles. The summed E-state index contributed by atoms with van der Waals surface area (Å²) < 4.78 is 27.7. The SMILES string of the molecule is CNc1c(F)cc(C(=O)N2CCSC(C)(C)CC2)cc1F. The van der Waals surface area contributed by atoms with Gasteiger partial charge in [0.2, 0.25) is 0 Å². The molecule has 1 fully saturated rings. The second kappa shape index (κ2) is 6.22. The van der Waals surface area contributed by atoms with Crippen LogP contribution in [-0.4, -0.2) is 41.4 Å². The van der Waals surface area contributed by atoms with Crippen LogP contribution in [0.1, 0.15) is 30.6 Å². The van der Waals surface area contributed by atoms with Crippen LogP contribution in [0.4, 0.5) is 14.5 Å². The Morgan fingerprint density at radius 1 is 1.29 bits per heavy atom. The fraction of sp³-hybridized carbons (Fsp3) is 0.533. The number of rotatable bonds is 2. The standard InChI is InChI=1S/C15H20F2N2OS/c1-15(2)4-5-19(6-7-21-15)14(20)10-8-11(16)13(18-3)12(17)9-10/h8-9,18H,4-7H2,1-3H3. The van der Waals surface area contributed by atoms with Gasteiger partial charge in [-0.05, 0) is 18.6 Å². The third-order valence-corrected chi connectivity index (χ3v) is 5.04. The summed E-state index contributed by atoms with van der Waals surface area (Å²) in [5.74, 6) is -0.970. The van der Waals surface area contributed by atoms with Crippen LogP contribution in [-0.2, 0) is 0 Å². The van der Waals surface area contributed by atoms with Crippen molar-refractivity contribution >= 4 is 23.4 Å². The van der Waals surface area contributed by atoms with Crippen molar-refractivity contribution in [3.8, 4) is 0 Å². The zero-order valence-corrected chi connectivity index (χ0v) is 13.3. The number of hydrogen-bond donors (Lipinski definition) is 1. The van der Waals surface area contributed by atoms with Crippen molar-refractivity contribution in [1.29, 1.82) is 0 Å². The summed E-state index contributed by atoms with van der Waals surface area (Å²) >= 11 is 1.82. The molecule has 0 spiro atoms. The van der Waals surface area contributed by atoms with Crippen LogP contribution in [0.3, 0.4) is 0 Å². The maximum Gasteiger partial charge on any atom is 0.254 e. The Balaban J connectivity index is 2.20. The van der Waals surface area contributed by atoms with Crippen LogP contribution in [0, 0.1) is 11.6 Å². The molecule has 0 atom stereocenters. The van der Waals surface area contributed by atoms with Gasteiger partial charge in [-0.1, -0.05) is 13.8 Å². The summed E-state index contributed by atoms with van der Waals surface area (Å²) in [6, 6.07) is 2.20. The number of amides is 1. The van der Waals surface area contributed by atoms with E-state index in [2.05, 4.69) is 19.2 Å². The van der Waals surface area contributed by atoms with Gasteiger partial charge in [-0.15, -0.1) is 0 Å². The monoisotopic (exact) mass is 314 g/mol. The first-order valence-electron chi connectivity index (χ1n) is 6.94. The summed E-state index contributed by atoms with van der Waals surface area (Å²) in [7, 11) is 1.44. The lowest BCUT2D eigenvalue weighted by atomic mass is 10.1. The van der Waals surface area contributed by atoms with E-state index in [0.29, 0.717) is 13.1 Å². The van der Waals surface area contributed by atoms with Crippen LogP contribution in [0.5, 0.6) is 0 Å². The number of thioether (sulfide) groups is 1. The molecule has 0 saturated carbocycles. The van der Waals surface area contributed by atoms with E-state index in [-0.39, 0.29) is 21.9 Å². The highest BCUT2D eigenvalue weighted by Gasteiger charge is 2.27. The summed E-state index contributed by atoms with van der Waals surface area (Å²) in [6.45, 7) is 5.50. The van der Waals surface area contributed by atoms with Gasteiger partial charge in [0.05, 0.1) is 0 Å². The number of halogens is 2. The Hall–Kier alpha value is -1.30. The number of benzene rings is 1. The van der Waals surface area contributed by atoms with Crippen LogP contribution in [0.25, 0.3) is 0 Å². The fourth-order valence-electron chi connectivity index (χ4n) is 2.34. The first-order valence-corrected chi connectivity index (χ1v) is 7.92. The highest BCUT2D eigenvalue weighted by Crippen LogP contribution is 2.31. The first-order chi connectivity index (χ1) is 9.84. The third-order valence-electron chi connectivity index (χ3n) is 3.66. The second-order valence-electron chi connectivity index (χ2n) is 5.72. The minimum absolute atomic E-state index is 0.0636.